The average molecular weight is 220 g/mol. The van der Waals surface area contributed by atoms with E-state index in [9.17, 15) is 13.2 Å². The minimum Gasteiger partial charge on any atom is -0.335 e. The molecule has 2 nitrogen and oxygen atoms in total. The molecule has 0 aromatic heterocycles. The van der Waals surface area contributed by atoms with E-state index < -0.39 is 11.7 Å². The first-order valence-corrected chi connectivity index (χ1v) is 4.07. The quantitative estimate of drug-likeness (QED) is 0.380. The maximum absolute atomic E-state index is 12.4. The molecule has 14 heavy (non-hydrogen) atoms. The molecule has 1 aromatic rings. The highest BCUT2D eigenvalue weighted by Gasteiger charge is 2.33. The van der Waals surface area contributed by atoms with Gasteiger partial charge in [0.2, 0.25) is 0 Å². The van der Waals surface area contributed by atoms with Crippen LogP contribution in [0.4, 0.5) is 18.9 Å². The second-order valence-electron chi connectivity index (χ2n) is 2.52. The van der Waals surface area contributed by atoms with Crippen LogP contribution in [0.25, 0.3) is 0 Å². The predicted molar refractivity (Wildman–Crippen MR) is 51.8 cm³/mol. The maximum atomic E-state index is 12.4. The van der Waals surface area contributed by atoms with Crippen LogP contribution < -0.4 is 5.32 Å². The molecular formula is C8H7F3N2S. The summed E-state index contributed by atoms with van der Waals surface area (Å²) in [4.78, 5) is 0. The van der Waals surface area contributed by atoms with Crippen molar-refractivity contribution in [3.63, 3.8) is 0 Å². The Morgan fingerprint density at radius 1 is 1.29 bits per heavy atom. The Kier molecular flexibility index (Phi) is 3.05. The van der Waals surface area contributed by atoms with E-state index in [4.69, 9.17) is 5.41 Å². The molecule has 0 fully saturated rings. The highest BCUT2D eigenvalue weighted by atomic mass is 32.1. The lowest BCUT2D eigenvalue weighted by atomic mass is 10.2. The molecule has 0 heterocycles. The molecule has 0 atom stereocenters. The third-order valence-corrected chi connectivity index (χ3v) is 1.60. The minimum absolute atomic E-state index is 0.167. The number of hydrogen-bond donors (Lipinski definition) is 3. The van der Waals surface area contributed by atoms with Gasteiger partial charge in [-0.2, -0.15) is 13.2 Å². The summed E-state index contributed by atoms with van der Waals surface area (Å²) in [6.07, 6.45) is -4.42. The maximum Gasteiger partial charge on any atom is 0.418 e. The normalized spacial score (nSPS) is 11.1. The van der Waals surface area contributed by atoms with Crippen LogP contribution in [0.3, 0.4) is 0 Å². The van der Waals surface area contributed by atoms with E-state index in [2.05, 4.69) is 17.9 Å². The van der Waals surface area contributed by atoms with Gasteiger partial charge in [0.1, 0.15) is 0 Å². The Morgan fingerprint density at radius 3 is 2.36 bits per heavy atom. The Hall–Kier alpha value is -1.17. The summed E-state index contributed by atoms with van der Waals surface area (Å²) in [6, 6.07) is 4.93. The van der Waals surface area contributed by atoms with Crippen molar-refractivity contribution in [2.45, 2.75) is 6.18 Å². The molecule has 0 spiro atoms. The van der Waals surface area contributed by atoms with Gasteiger partial charge in [-0.05, 0) is 12.1 Å². The number of amidine groups is 1. The molecule has 1 aromatic carbocycles. The molecule has 2 N–H and O–H groups in total. The minimum atomic E-state index is -4.42. The SMILES string of the molecule is N=C(S)Nc1ccccc1C(F)(F)F. The van der Waals surface area contributed by atoms with E-state index in [0.717, 1.165) is 6.07 Å². The van der Waals surface area contributed by atoms with Crippen molar-refractivity contribution in [3.8, 4) is 0 Å². The molecule has 0 aliphatic carbocycles. The third-order valence-electron chi connectivity index (χ3n) is 1.49. The highest BCUT2D eigenvalue weighted by molar-refractivity contribution is 7.97. The number of para-hydroxylation sites is 1. The van der Waals surface area contributed by atoms with Crippen molar-refractivity contribution in [1.29, 1.82) is 5.41 Å². The lowest BCUT2D eigenvalue weighted by Crippen LogP contribution is -2.12. The number of alkyl halides is 3. The smallest absolute Gasteiger partial charge is 0.335 e. The molecule has 76 valence electrons. The van der Waals surface area contributed by atoms with Crippen molar-refractivity contribution < 1.29 is 13.2 Å². The van der Waals surface area contributed by atoms with Gasteiger partial charge in [0, 0.05) is 0 Å². The molecule has 1 rings (SSSR count). The first-order valence-electron chi connectivity index (χ1n) is 3.62. The molecule has 0 amide bonds. The lowest BCUT2D eigenvalue weighted by Gasteiger charge is -2.12. The summed E-state index contributed by atoms with van der Waals surface area (Å²) >= 11 is 3.56. The van der Waals surface area contributed by atoms with Gasteiger partial charge in [0.15, 0.2) is 5.17 Å². The van der Waals surface area contributed by atoms with Gasteiger partial charge in [-0.1, -0.05) is 12.1 Å². The Morgan fingerprint density at radius 2 is 1.86 bits per heavy atom. The van der Waals surface area contributed by atoms with Gasteiger partial charge < -0.3 is 5.32 Å². The van der Waals surface area contributed by atoms with Crippen molar-refractivity contribution in [2.24, 2.45) is 0 Å². The van der Waals surface area contributed by atoms with E-state index in [1.807, 2.05) is 0 Å². The monoisotopic (exact) mass is 220 g/mol. The zero-order chi connectivity index (χ0) is 10.8. The summed E-state index contributed by atoms with van der Waals surface area (Å²) < 4.78 is 37.1. The number of benzene rings is 1. The molecular weight excluding hydrogens is 213 g/mol. The summed E-state index contributed by atoms with van der Waals surface area (Å²) in [5.41, 5.74) is -0.973. The lowest BCUT2D eigenvalue weighted by molar-refractivity contribution is -0.136. The van der Waals surface area contributed by atoms with Crippen LogP contribution in [0.5, 0.6) is 0 Å². The van der Waals surface area contributed by atoms with Crippen molar-refractivity contribution >= 4 is 23.5 Å². The van der Waals surface area contributed by atoms with Crippen LogP contribution in [0.1, 0.15) is 5.56 Å². The van der Waals surface area contributed by atoms with Gasteiger partial charge in [-0.3, -0.25) is 5.41 Å². The number of anilines is 1. The van der Waals surface area contributed by atoms with E-state index in [1.165, 1.54) is 18.2 Å². The number of hydrogen-bond acceptors (Lipinski definition) is 1. The standard InChI is InChI=1S/C8H7F3N2S/c9-8(10,11)5-3-1-2-4-6(5)13-7(12)14/h1-4H,(H3,12,13,14). The molecule has 0 aliphatic rings. The van der Waals surface area contributed by atoms with E-state index in [0.29, 0.717) is 0 Å². The fraction of sp³-hybridized carbons (Fsp3) is 0.125. The van der Waals surface area contributed by atoms with E-state index in [1.54, 1.807) is 0 Å². The first kappa shape index (κ1) is 10.9. The summed E-state index contributed by atoms with van der Waals surface area (Å²) in [5.74, 6) is 0. The van der Waals surface area contributed by atoms with Crippen LogP contribution in [0.2, 0.25) is 0 Å². The van der Waals surface area contributed by atoms with E-state index >= 15 is 0 Å². The summed E-state index contributed by atoms with van der Waals surface area (Å²) in [6.45, 7) is 0. The first-order chi connectivity index (χ1) is 6.41. The van der Waals surface area contributed by atoms with Crippen molar-refractivity contribution in [1.82, 2.24) is 0 Å². The Labute approximate surface area is 84.0 Å². The van der Waals surface area contributed by atoms with Gasteiger partial charge in [0.05, 0.1) is 11.3 Å². The molecule has 0 radical (unpaired) electrons. The molecule has 0 unspecified atom stereocenters. The Balaban J connectivity index is 3.10. The largest absolute Gasteiger partial charge is 0.418 e. The van der Waals surface area contributed by atoms with Crippen molar-refractivity contribution in [3.05, 3.63) is 29.8 Å². The molecule has 6 heteroatoms. The summed E-state index contributed by atoms with van der Waals surface area (Å²) in [5, 5.41) is 8.79. The van der Waals surface area contributed by atoms with Crippen LogP contribution in [-0.2, 0) is 6.18 Å². The number of thiol groups is 1. The van der Waals surface area contributed by atoms with Gasteiger partial charge in [0.25, 0.3) is 0 Å². The Bertz CT molecular complexity index is 349. The molecule has 0 saturated carbocycles. The van der Waals surface area contributed by atoms with Crippen LogP contribution >= 0.6 is 12.6 Å². The fourth-order valence-corrected chi connectivity index (χ4v) is 1.09. The zero-order valence-corrected chi connectivity index (χ0v) is 7.78. The van der Waals surface area contributed by atoms with Gasteiger partial charge >= 0.3 is 6.18 Å². The molecule has 0 aliphatic heterocycles. The van der Waals surface area contributed by atoms with Crippen LogP contribution in [-0.4, -0.2) is 5.17 Å². The highest BCUT2D eigenvalue weighted by Crippen LogP contribution is 2.34. The van der Waals surface area contributed by atoms with Gasteiger partial charge in [-0.15, -0.1) is 12.6 Å². The van der Waals surface area contributed by atoms with Crippen molar-refractivity contribution in [2.75, 3.05) is 5.32 Å². The van der Waals surface area contributed by atoms with E-state index in [-0.39, 0.29) is 10.9 Å². The summed E-state index contributed by atoms with van der Waals surface area (Å²) in [7, 11) is 0. The second-order valence-corrected chi connectivity index (χ2v) is 2.96. The van der Waals surface area contributed by atoms with Gasteiger partial charge in [-0.25, -0.2) is 0 Å². The fourth-order valence-electron chi connectivity index (χ4n) is 0.967. The number of nitrogens with one attached hydrogen (secondary N) is 2. The number of rotatable bonds is 1. The second kappa shape index (κ2) is 3.91. The predicted octanol–water partition coefficient (Wildman–Crippen LogP) is 2.98. The molecule has 0 saturated heterocycles. The molecule has 0 bridgehead atoms. The number of halogens is 3. The van der Waals surface area contributed by atoms with Crippen LogP contribution in [0, 0.1) is 5.41 Å². The zero-order valence-electron chi connectivity index (χ0n) is 6.89. The van der Waals surface area contributed by atoms with Crippen LogP contribution in [0.15, 0.2) is 24.3 Å². The topological polar surface area (TPSA) is 35.9 Å². The third kappa shape index (κ3) is 2.66. The average Bonchev–Trinajstić information content (AvgIpc) is 2.01.